The van der Waals surface area contributed by atoms with Gasteiger partial charge in [-0.15, -0.1) is 10.2 Å². The van der Waals surface area contributed by atoms with Crippen LogP contribution in [0.25, 0.3) is 0 Å². The fourth-order valence-electron chi connectivity index (χ4n) is 2.47. The first-order chi connectivity index (χ1) is 12.1. The van der Waals surface area contributed by atoms with Crippen LogP contribution in [-0.2, 0) is 10.2 Å². The summed E-state index contributed by atoms with van der Waals surface area (Å²) in [5.41, 5.74) is 0.876. The third kappa shape index (κ3) is 5.08. The van der Waals surface area contributed by atoms with E-state index in [2.05, 4.69) is 30.5 Å². The van der Waals surface area contributed by atoms with Crippen LogP contribution in [0.5, 0.6) is 0 Å². The number of aromatic nitrogens is 3. The van der Waals surface area contributed by atoms with E-state index < -0.39 is 10.2 Å². The van der Waals surface area contributed by atoms with Crippen LogP contribution in [0.2, 0.25) is 0 Å². The molecule has 25 heavy (non-hydrogen) atoms. The minimum absolute atomic E-state index is 0.289. The number of hydrogen-bond donors (Lipinski definition) is 3. The largest absolute Gasteiger partial charge is 0.367 e. The second-order valence-corrected chi connectivity index (χ2v) is 7.35. The van der Waals surface area contributed by atoms with Crippen LogP contribution in [0, 0.1) is 0 Å². The van der Waals surface area contributed by atoms with Crippen molar-refractivity contribution < 1.29 is 8.42 Å². The lowest BCUT2D eigenvalue weighted by atomic mass is 10.4. The summed E-state index contributed by atoms with van der Waals surface area (Å²) in [4.78, 5) is 3.95. The van der Waals surface area contributed by atoms with Gasteiger partial charge in [-0.25, -0.2) is 4.72 Å². The van der Waals surface area contributed by atoms with Crippen molar-refractivity contribution in [1.82, 2.24) is 24.2 Å². The van der Waals surface area contributed by atoms with Crippen molar-refractivity contribution in [3.8, 4) is 0 Å². The molecule has 3 N–H and O–H groups in total. The van der Waals surface area contributed by atoms with Gasteiger partial charge in [0.05, 0.1) is 0 Å². The van der Waals surface area contributed by atoms with Gasteiger partial charge in [0.2, 0.25) is 0 Å². The molecule has 2 aromatic heterocycles. The quantitative estimate of drug-likeness (QED) is 0.599. The van der Waals surface area contributed by atoms with Gasteiger partial charge in [-0.05, 0) is 37.1 Å². The normalized spacial score (nSPS) is 15.2. The summed E-state index contributed by atoms with van der Waals surface area (Å²) in [5.74, 6) is 1.20. The second kappa shape index (κ2) is 8.19. The molecule has 10 heteroatoms. The van der Waals surface area contributed by atoms with Gasteiger partial charge < -0.3 is 10.6 Å². The van der Waals surface area contributed by atoms with Crippen molar-refractivity contribution in [2.45, 2.75) is 12.8 Å². The highest BCUT2D eigenvalue weighted by Gasteiger charge is 2.24. The Morgan fingerprint density at radius 3 is 2.32 bits per heavy atom. The van der Waals surface area contributed by atoms with Crippen molar-refractivity contribution >= 4 is 27.5 Å². The Labute approximate surface area is 147 Å². The number of nitrogens with zero attached hydrogens (tertiary/aromatic N) is 4. The van der Waals surface area contributed by atoms with Crippen molar-refractivity contribution in [2.24, 2.45) is 0 Å². The van der Waals surface area contributed by atoms with Gasteiger partial charge in [0.15, 0.2) is 5.82 Å². The van der Waals surface area contributed by atoms with Gasteiger partial charge in [0, 0.05) is 44.3 Å². The molecule has 0 aliphatic carbocycles. The zero-order chi connectivity index (χ0) is 17.5. The standard InChI is InChI=1S/C15H21N7O2S/c23-25(24,22-11-1-2-12-22)18-10-9-17-14-3-4-15(21-20-14)19-13-5-7-16-8-6-13/h3-8,18H,1-2,9-12H2,(H,17,20)(H,16,19,21). The van der Waals surface area contributed by atoms with Crippen molar-refractivity contribution in [3.63, 3.8) is 0 Å². The number of hydrogen-bond acceptors (Lipinski definition) is 7. The summed E-state index contributed by atoms with van der Waals surface area (Å²) in [7, 11) is -3.36. The number of rotatable bonds is 8. The molecule has 1 fully saturated rings. The Morgan fingerprint density at radius 1 is 0.960 bits per heavy atom. The molecular formula is C15H21N7O2S. The van der Waals surface area contributed by atoms with Crippen LogP contribution in [0.4, 0.5) is 17.3 Å². The van der Waals surface area contributed by atoms with Crippen molar-refractivity contribution in [2.75, 3.05) is 36.8 Å². The first-order valence-electron chi connectivity index (χ1n) is 8.13. The molecule has 0 aromatic carbocycles. The minimum atomic E-state index is -3.36. The van der Waals surface area contributed by atoms with Crippen LogP contribution < -0.4 is 15.4 Å². The molecule has 1 saturated heterocycles. The number of pyridine rings is 1. The van der Waals surface area contributed by atoms with Gasteiger partial charge in [-0.1, -0.05) is 0 Å². The van der Waals surface area contributed by atoms with E-state index in [4.69, 9.17) is 0 Å². The van der Waals surface area contributed by atoms with Crippen LogP contribution in [0.15, 0.2) is 36.7 Å². The topological polar surface area (TPSA) is 112 Å². The van der Waals surface area contributed by atoms with E-state index in [1.165, 1.54) is 4.31 Å². The molecular weight excluding hydrogens is 342 g/mol. The third-order valence-electron chi connectivity index (χ3n) is 3.74. The molecule has 0 spiro atoms. The number of nitrogens with one attached hydrogen (secondary N) is 3. The summed E-state index contributed by atoms with van der Waals surface area (Å²) in [5, 5.41) is 14.3. The Bertz CT molecular complexity index is 762. The van der Waals surface area contributed by atoms with E-state index >= 15 is 0 Å². The Balaban J connectivity index is 1.43. The molecule has 0 radical (unpaired) electrons. The molecule has 9 nitrogen and oxygen atoms in total. The molecule has 1 aliphatic rings. The lowest BCUT2D eigenvalue weighted by Crippen LogP contribution is -2.40. The molecule has 0 amide bonds. The highest BCUT2D eigenvalue weighted by molar-refractivity contribution is 7.87. The first kappa shape index (κ1) is 17.5. The van der Waals surface area contributed by atoms with Crippen molar-refractivity contribution in [3.05, 3.63) is 36.7 Å². The summed E-state index contributed by atoms with van der Waals surface area (Å²) in [6.07, 6.45) is 5.23. The fraction of sp³-hybridized carbons (Fsp3) is 0.400. The van der Waals surface area contributed by atoms with E-state index in [-0.39, 0.29) is 6.54 Å². The second-order valence-electron chi connectivity index (χ2n) is 5.60. The van der Waals surface area contributed by atoms with E-state index in [0.29, 0.717) is 31.3 Å². The lowest BCUT2D eigenvalue weighted by molar-refractivity contribution is 0.466. The summed E-state index contributed by atoms with van der Waals surface area (Å²) >= 11 is 0. The molecule has 3 heterocycles. The van der Waals surface area contributed by atoms with Crippen LogP contribution >= 0.6 is 0 Å². The Morgan fingerprint density at radius 2 is 1.64 bits per heavy atom. The van der Waals surface area contributed by atoms with E-state index in [1.807, 2.05) is 12.1 Å². The molecule has 2 aromatic rings. The smallest absolute Gasteiger partial charge is 0.279 e. The Kier molecular flexibility index (Phi) is 5.74. The zero-order valence-corrected chi connectivity index (χ0v) is 14.5. The highest BCUT2D eigenvalue weighted by atomic mass is 32.2. The maximum Gasteiger partial charge on any atom is 0.279 e. The third-order valence-corrected chi connectivity index (χ3v) is 5.35. The molecule has 0 bridgehead atoms. The summed E-state index contributed by atoms with van der Waals surface area (Å²) in [6.45, 7) is 1.91. The molecule has 0 saturated carbocycles. The monoisotopic (exact) mass is 363 g/mol. The average Bonchev–Trinajstić information content (AvgIpc) is 3.17. The average molecular weight is 363 g/mol. The lowest BCUT2D eigenvalue weighted by Gasteiger charge is -2.16. The fourth-order valence-corrected chi connectivity index (χ4v) is 3.75. The summed E-state index contributed by atoms with van der Waals surface area (Å²) < 4.78 is 28.1. The molecule has 1 aliphatic heterocycles. The molecule has 134 valence electrons. The predicted molar refractivity (Wildman–Crippen MR) is 95.8 cm³/mol. The molecule has 0 atom stereocenters. The van der Waals surface area contributed by atoms with Crippen LogP contribution in [0.1, 0.15) is 12.8 Å². The van der Waals surface area contributed by atoms with Crippen LogP contribution in [0.3, 0.4) is 0 Å². The van der Waals surface area contributed by atoms with Gasteiger partial charge >= 0.3 is 0 Å². The van der Waals surface area contributed by atoms with E-state index in [9.17, 15) is 8.42 Å². The number of anilines is 3. The van der Waals surface area contributed by atoms with Crippen LogP contribution in [-0.4, -0.2) is 54.1 Å². The van der Waals surface area contributed by atoms with Gasteiger partial charge in [0.25, 0.3) is 10.2 Å². The van der Waals surface area contributed by atoms with E-state index in [0.717, 1.165) is 18.5 Å². The van der Waals surface area contributed by atoms with Gasteiger partial charge in [-0.3, -0.25) is 4.98 Å². The maximum absolute atomic E-state index is 12.0. The van der Waals surface area contributed by atoms with Crippen molar-refractivity contribution in [1.29, 1.82) is 0 Å². The maximum atomic E-state index is 12.0. The predicted octanol–water partition coefficient (Wildman–Crippen LogP) is 0.957. The SMILES string of the molecule is O=S(=O)(NCCNc1ccc(Nc2ccncc2)nn1)N1CCCC1. The zero-order valence-electron chi connectivity index (χ0n) is 13.7. The molecule has 0 unspecified atom stereocenters. The minimum Gasteiger partial charge on any atom is -0.367 e. The Hall–Kier alpha value is -2.30. The van der Waals surface area contributed by atoms with Gasteiger partial charge in [-0.2, -0.15) is 12.7 Å². The summed E-state index contributed by atoms with van der Waals surface area (Å²) in [6, 6.07) is 7.25. The first-order valence-corrected chi connectivity index (χ1v) is 9.57. The highest BCUT2D eigenvalue weighted by Crippen LogP contribution is 2.13. The van der Waals surface area contributed by atoms with Gasteiger partial charge in [0.1, 0.15) is 5.82 Å². The molecule has 3 rings (SSSR count). The van der Waals surface area contributed by atoms with E-state index in [1.54, 1.807) is 24.5 Å².